The number of amides is 1. The van der Waals surface area contributed by atoms with Crippen LogP contribution >= 0.6 is 11.6 Å². The van der Waals surface area contributed by atoms with Crippen molar-refractivity contribution in [1.82, 2.24) is 15.1 Å². The van der Waals surface area contributed by atoms with Gasteiger partial charge in [0, 0.05) is 43.2 Å². The van der Waals surface area contributed by atoms with E-state index < -0.39 is 17.9 Å². The second kappa shape index (κ2) is 9.98. The molecule has 11 heteroatoms. The quantitative estimate of drug-likeness (QED) is 0.579. The monoisotopic (exact) mass is 479 g/mol. The van der Waals surface area contributed by atoms with Gasteiger partial charge in [0.05, 0.1) is 36.0 Å². The molecule has 4 rings (SSSR count). The second-order valence-corrected chi connectivity index (χ2v) is 8.49. The molecular weight excluding hydrogens is 456 g/mol. The summed E-state index contributed by atoms with van der Waals surface area (Å²) < 4.78 is 33.6. The van der Waals surface area contributed by atoms with Crippen LogP contribution in [-0.4, -0.2) is 84.3 Å². The van der Waals surface area contributed by atoms with E-state index in [-0.39, 0.29) is 62.3 Å². The summed E-state index contributed by atoms with van der Waals surface area (Å²) in [5.41, 5.74) is 0.949. The molecule has 0 spiro atoms. The van der Waals surface area contributed by atoms with Crippen LogP contribution in [0.25, 0.3) is 0 Å². The molecule has 1 aromatic carbocycles. The summed E-state index contributed by atoms with van der Waals surface area (Å²) in [4.78, 5) is 20.6. The molecule has 2 saturated heterocycles. The van der Waals surface area contributed by atoms with Crippen molar-refractivity contribution in [2.45, 2.75) is 18.6 Å². The first-order chi connectivity index (χ1) is 15.9. The largest absolute Gasteiger partial charge is 0.491 e. The first-order valence-corrected chi connectivity index (χ1v) is 10.9. The van der Waals surface area contributed by atoms with E-state index in [1.807, 2.05) is 0 Å². The smallest absolute Gasteiger partial charge is 0.258 e. The number of carbonyl (C=O) groups excluding carboxylic acids is 1. The van der Waals surface area contributed by atoms with Gasteiger partial charge in [-0.1, -0.05) is 11.6 Å². The number of nitrogens with one attached hydrogen (secondary N) is 2. The molecule has 1 amide bonds. The average molecular weight is 480 g/mol. The molecule has 0 bridgehead atoms. The number of rotatable bonds is 6. The zero-order chi connectivity index (χ0) is 23.5. The van der Waals surface area contributed by atoms with Gasteiger partial charge in [-0.05, 0) is 18.6 Å². The number of likely N-dealkylation sites (tertiary alicyclic amines) is 2. The minimum absolute atomic E-state index is 0.0566. The van der Waals surface area contributed by atoms with E-state index in [2.05, 4.69) is 10.3 Å². The standard InChI is InChI=1S/C22H24ClF2N5O3/c23-13-7-27-21(28-8-13)18-10-30(11-19(18)26)22(32)17-2-1-14(24)6-20(17)33-12-16-5-15(25)9-29(16)3-4-31/h1-2,6-8,15-16,26-27,31H,3-5,9-12H2/b21-18+,26-19?. The number of nitrogens with zero attached hydrogens (tertiary/aromatic N) is 3. The average Bonchev–Trinajstić information content (AvgIpc) is 3.34. The van der Waals surface area contributed by atoms with Crippen LogP contribution < -0.4 is 10.1 Å². The number of ether oxygens (including phenoxy) is 1. The third-order valence-electron chi connectivity index (χ3n) is 5.77. The molecule has 3 aliphatic rings. The van der Waals surface area contributed by atoms with Crippen LogP contribution in [-0.2, 0) is 0 Å². The zero-order valence-corrected chi connectivity index (χ0v) is 18.5. The highest BCUT2D eigenvalue weighted by molar-refractivity contribution is 6.39. The van der Waals surface area contributed by atoms with Crippen molar-refractivity contribution in [2.24, 2.45) is 4.99 Å². The van der Waals surface area contributed by atoms with Gasteiger partial charge in [-0.25, -0.2) is 13.8 Å². The normalized spacial score (nSPS) is 25.4. The number of aliphatic hydroxyl groups is 1. The van der Waals surface area contributed by atoms with Gasteiger partial charge in [0.25, 0.3) is 5.91 Å². The molecule has 0 aliphatic carbocycles. The van der Waals surface area contributed by atoms with Crippen molar-refractivity contribution in [3.63, 3.8) is 0 Å². The fourth-order valence-electron chi connectivity index (χ4n) is 4.14. The van der Waals surface area contributed by atoms with Crippen molar-refractivity contribution in [3.8, 4) is 5.75 Å². The molecule has 2 fully saturated rings. The maximum atomic E-state index is 14.0. The van der Waals surface area contributed by atoms with E-state index in [9.17, 15) is 18.7 Å². The Morgan fingerprint density at radius 1 is 1.39 bits per heavy atom. The summed E-state index contributed by atoms with van der Waals surface area (Å²) in [5, 5.41) is 20.8. The van der Waals surface area contributed by atoms with E-state index in [4.69, 9.17) is 21.7 Å². The van der Waals surface area contributed by atoms with Crippen molar-refractivity contribution < 1.29 is 23.4 Å². The van der Waals surface area contributed by atoms with E-state index in [1.54, 1.807) is 11.1 Å². The maximum absolute atomic E-state index is 14.0. The number of allylic oxidation sites excluding steroid dienone is 1. The lowest BCUT2D eigenvalue weighted by atomic mass is 10.1. The number of aliphatic imine (C=N–C) groups is 1. The Bertz CT molecular complexity index is 1040. The molecule has 3 heterocycles. The van der Waals surface area contributed by atoms with Crippen LogP contribution in [0.1, 0.15) is 16.8 Å². The molecule has 3 N–H and O–H groups in total. The first-order valence-electron chi connectivity index (χ1n) is 10.5. The van der Waals surface area contributed by atoms with Gasteiger partial charge < -0.3 is 25.5 Å². The number of β-amino-alcohol motifs (C(OH)–C–C–N with tert-alkyl or cyclic N) is 1. The summed E-state index contributed by atoms with van der Waals surface area (Å²) in [7, 11) is 0. The van der Waals surface area contributed by atoms with E-state index >= 15 is 0 Å². The Hall–Kier alpha value is -2.82. The topological polar surface area (TPSA) is 101 Å². The van der Waals surface area contributed by atoms with Crippen LogP contribution in [0.3, 0.4) is 0 Å². The molecule has 0 saturated carbocycles. The van der Waals surface area contributed by atoms with Crippen LogP contribution in [0.5, 0.6) is 5.75 Å². The number of hydrogen-bond acceptors (Lipinski definition) is 7. The summed E-state index contributed by atoms with van der Waals surface area (Å²) >= 11 is 5.85. The van der Waals surface area contributed by atoms with Crippen molar-refractivity contribution in [2.75, 3.05) is 39.4 Å². The van der Waals surface area contributed by atoms with Crippen molar-refractivity contribution in [3.05, 3.63) is 52.2 Å². The Morgan fingerprint density at radius 2 is 2.21 bits per heavy atom. The number of alkyl halides is 1. The Kier molecular flexibility index (Phi) is 7.06. The summed E-state index contributed by atoms with van der Waals surface area (Å²) in [5.74, 6) is -0.477. The van der Waals surface area contributed by atoms with Gasteiger partial charge in [0.2, 0.25) is 0 Å². The predicted octanol–water partition coefficient (Wildman–Crippen LogP) is 2.05. The molecule has 1 aromatic rings. The summed E-state index contributed by atoms with van der Waals surface area (Å²) in [6.45, 7) is 0.685. The molecule has 8 nitrogen and oxygen atoms in total. The van der Waals surface area contributed by atoms with Gasteiger partial charge in [-0.2, -0.15) is 0 Å². The number of benzene rings is 1. The molecule has 176 valence electrons. The predicted molar refractivity (Wildman–Crippen MR) is 120 cm³/mol. The summed E-state index contributed by atoms with van der Waals surface area (Å²) in [6.07, 6.45) is 2.22. The minimum atomic E-state index is -1.03. The van der Waals surface area contributed by atoms with Crippen LogP contribution in [0, 0.1) is 11.2 Å². The summed E-state index contributed by atoms with van der Waals surface area (Å²) in [6, 6.07) is 3.36. The molecule has 2 unspecified atom stereocenters. The molecule has 3 aliphatic heterocycles. The molecule has 0 aromatic heterocycles. The Morgan fingerprint density at radius 3 is 2.94 bits per heavy atom. The highest BCUT2D eigenvalue weighted by Gasteiger charge is 2.34. The van der Waals surface area contributed by atoms with E-state index in [0.717, 1.165) is 6.07 Å². The third-order valence-corrected chi connectivity index (χ3v) is 5.98. The van der Waals surface area contributed by atoms with E-state index in [1.165, 1.54) is 23.2 Å². The van der Waals surface area contributed by atoms with Gasteiger partial charge in [-0.3, -0.25) is 9.69 Å². The number of halogens is 3. The lowest BCUT2D eigenvalue weighted by molar-refractivity contribution is 0.0796. The number of carbonyl (C=O) groups is 1. The van der Waals surface area contributed by atoms with Gasteiger partial charge in [-0.15, -0.1) is 0 Å². The molecule has 0 radical (unpaired) electrons. The SMILES string of the molecule is N=C1CN(C(=O)c2ccc(F)cc2OCC2CC(F)CN2CCO)C/C1=C1\N=CC(Cl)=CN1. The lowest BCUT2D eigenvalue weighted by Gasteiger charge is -2.24. The van der Waals surface area contributed by atoms with Gasteiger partial charge in [0.15, 0.2) is 0 Å². The van der Waals surface area contributed by atoms with E-state index in [0.29, 0.717) is 23.0 Å². The van der Waals surface area contributed by atoms with Gasteiger partial charge >= 0.3 is 0 Å². The van der Waals surface area contributed by atoms with Crippen LogP contribution in [0.15, 0.2) is 45.8 Å². The number of hydrogen-bond donors (Lipinski definition) is 3. The maximum Gasteiger partial charge on any atom is 0.258 e. The molecule has 2 atom stereocenters. The molecular formula is C22H24ClF2N5O3. The molecule has 33 heavy (non-hydrogen) atoms. The van der Waals surface area contributed by atoms with Crippen LogP contribution in [0.4, 0.5) is 8.78 Å². The number of aliphatic hydroxyl groups excluding tert-OH is 1. The van der Waals surface area contributed by atoms with Crippen molar-refractivity contribution in [1.29, 1.82) is 5.41 Å². The lowest BCUT2D eigenvalue weighted by Crippen LogP contribution is -2.36. The van der Waals surface area contributed by atoms with Crippen molar-refractivity contribution >= 4 is 29.4 Å². The highest BCUT2D eigenvalue weighted by Crippen LogP contribution is 2.27. The van der Waals surface area contributed by atoms with Crippen LogP contribution in [0.2, 0.25) is 0 Å². The Balaban J connectivity index is 1.49. The Labute approximate surface area is 194 Å². The fourth-order valence-corrected chi connectivity index (χ4v) is 4.24. The fraction of sp³-hybridized carbons (Fsp3) is 0.409. The zero-order valence-electron chi connectivity index (χ0n) is 17.7. The minimum Gasteiger partial charge on any atom is -0.491 e. The first kappa shape index (κ1) is 23.3. The second-order valence-electron chi connectivity index (χ2n) is 8.06. The highest BCUT2D eigenvalue weighted by atomic mass is 35.5. The third kappa shape index (κ3) is 5.23. The van der Waals surface area contributed by atoms with Gasteiger partial charge in [0.1, 0.15) is 30.2 Å².